The maximum Gasteiger partial charge on any atom is 0.324 e. The number of carbonyl (C=O) groups excluding carboxylic acids is 3. The highest BCUT2D eigenvalue weighted by Crippen LogP contribution is 2.42. The number of likely N-dealkylation sites (tertiary alicyclic amines) is 2. The second-order valence-corrected chi connectivity index (χ2v) is 17.4. The van der Waals surface area contributed by atoms with E-state index in [1.165, 1.54) is 16.3 Å². The number of hydrazine groups is 1. The predicted octanol–water partition coefficient (Wildman–Crippen LogP) is 5.04. The van der Waals surface area contributed by atoms with Gasteiger partial charge in [-0.25, -0.2) is 15.2 Å². The lowest BCUT2D eigenvalue weighted by molar-refractivity contribution is -0.155. The van der Waals surface area contributed by atoms with E-state index in [1.54, 1.807) is 7.11 Å². The standard InChI is InChI=1S/C41H52N8O5S/c1-7-47-33-13-12-25-16-28(33)29(37(47)27-10-8-14-42-36(27)24(2)53-6)18-41(3,4)23-54-39(51)30-11-9-15-49(45-30)38(50)31(17-35-43-32(25)22-55-35)44-40(52)48-20-26-19-46(5)21-34(26)48/h8,10,12-14,16,22,24,26,30-31,34,45H,7,9,11,15,17-21,23H2,1-6H3,(H,44,52)/t24-,26+,30-,31-,34+/m0/s1. The Labute approximate surface area is 326 Å². The molecule has 0 saturated carbocycles. The van der Waals surface area contributed by atoms with Gasteiger partial charge in [-0.05, 0) is 70.0 Å². The first-order valence-corrected chi connectivity index (χ1v) is 20.4. The molecule has 3 fully saturated rings. The highest BCUT2D eigenvalue weighted by Gasteiger charge is 2.47. The Bertz CT molecular complexity index is 2110. The Morgan fingerprint density at radius 1 is 1.20 bits per heavy atom. The van der Waals surface area contributed by atoms with Crippen molar-refractivity contribution in [1.29, 1.82) is 0 Å². The molecule has 3 aromatic heterocycles. The molecular weight excluding hydrogens is 717 g/mol. The number of carbonyl (C=O) groups is 3. The Hall–Kier alpha value is -4.37. The first-order valence-electron chi connectivity index (χ1n) is 19.5. The summed E-state index contributed by atoms with van der Waals surface area (Å²) in [6, 6.07) is 8.92. The summed E-state index contributed by atoms with van der Waals surface area (Å²) in [4.78, 5) is 55.6. The van der Waals surface area contributed by atoms with Crippen LogP contribution in [0.25, 0.3) is 33.4 Å². The van der Waals surface area contributed by atoms with E-state index in [2.05, 4.69) is 72.3 Å². The number of cyclic esters (lactones) is 1. The number of fused-ring (bicyclic) bond motifs is 7. The van der Waals surface area contributed by atoms with Crippen LogP contribution in [0.5, 0.6) is 0 Å². The largest absolute Gasteiger partial charge is 0.464 e. The minimum Gasteiger partial charge on any atom is -0.464 e. The maximum atomic E-state index is 14.3. The molecular formula is C41H52N8O5S. The van der Waals surface area contributed by atoms with Crippen molar-refractivity contribution in [3.05, 3.63) is 58.2 Å². The molecule has 292 valence electrons. The number of likely N-dealkylation sites (N-methyl/N-ethyl adjacent to an activating group) is 1. The molecule has 55 heavy (non-hydrogen) atoms. The van der Waals surface area contributed by atoms with Crippen molar-refractivity contribution in [3.63, 3.8) is 0 Å². The SMILES string of the molecule is CCn1c(-c2cccnc2[C@H](C)OC)c2c3cc(ccc31)-c1csc(n1)C[C@H](NC(=O)N1C[C@H]3CN(C)C[C@H]31)C(=O)N1CCC[C@H](N1)C(=O)OCC(C)(C)C2. The van der Waals surface area contributed by atoms with Crippen molar-refractivity contribution in [2.75, 3.05) is 46.9 Å². The van der Waals surface area contributed by atoms with Gasteiger partial charge in [0.15, 0.2) is 0 Å². The van der Waals surface area contributed by atoms with Gasteiger partial charge >= 0.3 is 12.0 Å². The van der Waals surface area contributed by atoms with Crippen LogP contribution in [0, 0.1) is 11.3 Å². The number of rotatable bonds is 5. The minimum absolute atomic E-state index is 0.151. The van der Waals surface area contributed by atoms with E-state index in [9.17, 15) is 14.4 Å². The lowest BCUT2D eigenvalue weighted by Crippen LogP contribution is -2.65. The summed E-state index contributed by atoms with van der Waals surface area (Å²) in [5.74, 6) is -0.222. The van der Waals surface area contributed by atoms with E-state index in [-0.39, 0.29) is 37.1 Å². The summed E-state index contributed by atoms with van der Waals surface area (Å²) in [6.07, 6.45) is 3.60. The monoisotopic (exact) mass is 768 g/mol. The number of urea groups is 1. The highest BCUT2D eigenvalue weighted by atomic mass is 32.1. The minimum atomic E-state index is -0.872. The maximum absolute atomic E-state index is 14.3. The first-order chi connectivity index (χ1) is 26.4. The Morgan fingerprint density at radius 3 is 2.82 bits per heavy atom. The van der Waals surface area contributed by atoms with Gasteiger partial charge in [0.05, 0.1) is 40.8 Å². The van der Waals surface area contributed by atoms with E-state index >= 15 is 0 Å². The summed E-state index contributed by atoms with van der Waals surface area (Å²) < 4.78 is 14.2. The molecule has 4 aromatic rings. The number of hydrogen-bond donors (Lipinski definition) is 2. The molecule has 2 N–H and O–H groups in total. The molecule has 3 amide bonds. The number of benzene rings is 1. The van der Waals surface area contributed by atoms with Crippen molar-refractivity contribution in [1.82, 2.24) is 40.1 Å². The zero-order valence-electron chi connectivity index (χ0n) is 32.6. The summed E-state index contributed by atoms with van der Waals surface area (Å²) in [5.41, 5.74) is 9.68. The molecule has 0 radical (unpaired) electrons. The van der Waals surface area contributed by atoms with Crippen molar-refractivity contribution in [3.8, 4) is 22.5 Å². The van der Waals surface area contributed by atoms with Gasteiger partial charge in [0.2, 0.25) is 0 Å². The molecule has 7 heterocycles. The molecule has 4 aliphatic rings. The average Bonchev–Trinajstić information content (AvgIpc) is 3.86. The molecule has 5 atom stereocenters. The van der Waals surface area contributed by atoms with Crippen LogP contribution in [0.4, 0.5) is 4.79 Å². The van der Waals surface area contributed by atoms with Gasteiger partial charge < -0.3 is 29.2 Å². The van der Waals surface area contributed by atoms with Crippen LogP contribution in [0.15, 0.2) is 41.9 Å². The van der Waals surface area contributed by atoms with Crippen molar-refractivity contribution in [2.24, 2.45) is 11.3 Å². The predicted molar refractivity (Wildman–Crippen MR) is 211 cm³/mol. The van der Waals surface area contributed by atoms with Crippen LogP contribution in [-0.2, 0) is 38.4 Å². The van der Waals surface area contributed by atoms with E-state index in [4.69, 9.17) is 19.4 Å². The third-order valence-electron chi connectivity index (χ3n) is 11.8. The molecule has 13 nitrogen and oxygen atoms in total. The number of methoxy groups -OCH3 is 1. The Balaban J connectivity index is 1.21. The van der Waals surface area contributed by atoms with Crippen molar-refractivity contribution in [2.45, 2.75) is 84.2 Å². The third kappa shape index (κ3) is 7.13. The van der Waals surface area contributed by atoms with E-state index in [0.29, 0.717) is 38.3 Å². The average molecular weight is 769 g/mol. The smallest absolute Gasteiger partial charge is 0.324 e. The Kier molecular flexibility index (Phi) is 10.2. The number of aromatic nitrogens is 3. The summed E-state index contributed by atoms with van der Waals surface area (Å²) in [5, 5.41) is 8.45. The fraction of sp³-hybridized carbons (Fsp3) is 0.537. The topological polar surface area (TPSA) is 134 Å². The summed E-state index contributed by atoms with van der Waals surface area (Å²) in [6.45, 7) is 12.2. The quantitative estimate of drug-likeness (QED) is 0.268. The van der Waals surface area contributed by atoms with Crippen molar-refractivity contribution < 1.29 is 23.9 Å². The molecule has 6 bridgehead atoms. The van der Waals surface area contributed by atoms with Crippen LogP contribution in [0.1, 0.15) is 62.9 Å². The normalized spacial score (nSPS) is 24.9. The summed E-state index contributed by atoms with van der Waals surface area (Å²) >= 11 is 1.48. The first kappa shape index (κ1) is 37.5. The molecule has 3 saturated heterocycles. The van der Waals surface area contributed by atoms with Gasteiger partial charge in [-0.15, -0.1) is 11.3 Å². The van der Waals surface area contributed by atoms with Gasteiger partial charge in [-0.3, -0.25) is 19.6 Å². The number of amides is 3. The molecule has 0 spiro atoms. The third-order valence-corrected chi connectivity index (χ3v) is 12.7. The van der Waals surface area contributed by atoms with Crippen LogP contribution in [0.3, 0.4) is 0 Å². The molecule has 4 aliphatic heterocycles. The highest BCUT2D eigenvalue weighted by molar-refractivity contribution is 7.10. The molecule has 0 unspecified atom stereocenters. The fourth-order valence-corrected chi connectivity index (χ4v) is 9.73. The lowest BCUT2D eigenvalue weighted by Gasteiger charge is -2.44. The fourth-order valence-electron chi connectivity index (χ4n) is 8.88. The van der Waals surface area contributed by atoms with Gasteiger partial charge in [-0.2, -0.15) is 0 Å². The number of hydrogen-bond acceptors (Lipinski definition) is 10. The van der Waals surface area contributed by atoms with Crippen LogP contribution in [-0.4, -0.2) is 112 Å². The van der Waals surface area contributed by atoms with Gasteiger partial charge in [0.25, 0.3) is 5.91 Å². The zero-order valence-corrected chi connectivity index (χ0v) is 33.4. The van der Waals surface area contributed by atoms with E-state index in [1.807, 2.05) is 29.5 Å². The van der Waals surface area contributed by atoms with Gasteiger partial charge in [0, 0.05) is 91.2 Å². The lowest BCUT2D eigenvalue weighted by atomic mass is 9.84. The molecule has 1 aromatic carbocycles. The second-order valence-electron chi connectivity index (χ2n) is 16.4. The number of aryl methyl sites for hydroxylation is 1. The Morgan fingerprint density at radius 2 is 2.04 bits per heavy atom. The summed E-state index contributed by atoms with van der Waals surface area (Å²) in [7, 11) is 3.77. The second kappa shape index (κ2) is 14.9. The zero-order chi connectivity index (χ0) is 38.6. The molecule has 0 aliphatic carbocycles. The van der Waals surface area contributed by atoms with Gasteiger partial charge in [-0.1, -0.05) is 19.9 Å². The van der Waals surface area contributed by atoms with E-state index < -0.39 is 23.5 Å². The number of pyridine rings is 1. The van der Waals surface area contributed by atoms with E-state index in [0.717, 1.165) is 69.3 Å². The molecule has 8 rings (SSSR count). The number of nitrogens with one attached hydrogen (secondary N) is 2. The van der Waals surface area contributed by atoms with Crippen LogP contribution >= 0.6 is 11.3 Å². The molecule has 14 heteroatoms. The van der Waals surface area contributed by atoms with Gasteiger partial charge in [0.1, 0.15) is 12.1 Å². The van der Waals surface area contributed by atoms with Crippen molar-refractivity contribution >= 4 is 40.1 Å². The number of thiazole rings is 1. The number of esters is 1. The number of nitrogens with zero attached hydrogens (tertiary/aromatic N) is 6. The van der Waals surface area contributed by atoms with Crippen LogP contribution < -0.4 is 10.7 Å². The van der Waals surface area contributed by atoms with Crippen LogP contribution in [0.2, 0.25) is 0 Å². The number of ether oxygens (including phenoxy) is 2.